The quantitative estimate of drug-likeness (QED) is 0.101. The Morgan fingerprint density at radius 2 is 0.622 bits per heavy atom. The molecule has 0 amide bonds. The Labute approximate surface area is 261 Å². The molecule has 3 heterocycles. The van der Waals surface area contributed by atoms with Gasteiger partial charge in [0.15, 0.2) is 0 Å². The second-order valence-corrected chi connectivity index (χ2v) is 11.6. The third kappa shape index (κ3) is 3.58. The first-order valence-electron chi connectivity index (χ1n) is 15.7. The number of ether oxygens (including phenoxy) is 6. The van der Waals surface area contributed by atoms with E-state index in [1.807, 2.05) is 0 Å². The van der Waals surface area contributed by atoms with Gasteiger partial charge in [0, 0.05) is 49.0 Å². The van der Waals surface area contributed by atoms with Crippen molar-refractivity contribution >= 4 is 65.0 Å². The van der Waals surface area contributed by atoms with Gasteiger partial charge in [-0.05, 0) is 19.3 Å². The lowest BCUT2D eigenvalue weighted by Crippen LogP contribution is -2.09. The molecule has 0 bridgehead atoms. The average molecular weight is 610 g/mol. The summed E-state index contributed by atoms with van der Waals surface area (Å²) >= 11 is 0. The summed E-state index contributed by atoms with van der Waals surface area (Å²) in [6.07, 6.45) is 4.94. The molecule has 0 aliphatic carbocycles. The van der Waals surface area contributed by atoms with Crippen molar-refractivity contribution in [3.63, 3.8) is 0 Å². The van der Waals surface area contributed by atoms with Gasteiger partial charge >= 0.3 is 0 Å². The van der Waals surface area contributed by atoms with E-state index >= 15 is 0 Å². The Balaban J connectivity index is 2.00. The Kier molecular flexibility index (Phi) is 7.02. The van der Waals surface area contributed by atoms with Crippen molar-refractivity contribution in [1.29, 1.82) is 0 Å². The average Bonchev–Trinajstić information content (AvgIpc) is 3.06. The molecular formula is C36H39N3O6. The molecule has 0 unspecified atom stereocenters. The van der Waals surface area contributed by atoms with Crippen LogP contribution in [0.5, 0.6) is 34.9 Å². The third-order valence-electron chi connectivity index (χ3n) is 9.30. The first-order chi connectivity index (χ1) is 22.0. The van der Waals surface area contributed by atoms with Crippen molar-refractivity contribution in [3.05, 3.63) is 16.7 Å². The molecule has 7 rings (SSSR count). The van der Waals surface area contributed by atoms with Gasteiger partial charge in [-0.2, -0.15) is 0 Å². The Bertz CT molecular complexity index is 1950. The fourth-order valence-corrected chi connectivity index (χ4v) is 7.80. The highest BCUT2D eigenvalue weighted by Gasteiger charge is 2.35. The molecule has 45 heavy (non-hydrogen) atoms. The molecule has 0 atom stereocenters. The maximum absolute atomic E-state index is 6.24. The maximum atomic E-state index is 6.24. The van der Waals surface area contributed by atoms with E-state index in [-0.39, 0.29) is 0 Å². The first kappa shape index (κ1) is 29.2. The van der Waals surface area contributed by atoms with E-state index in [0.29, 0.717) is 17.6 Å². The summed E-state index contributed by atoms with van der Waals surface area (Å²) in [4.78, 5) is 15.8. The van der Waals surface area contributed by atoms with Crippen LogP contribution in [0.2, 0.25) is 0 Å². The molecule has 3 aromatic heterocycles. The van der Waals surface area contributed by atoms with Gasteiger partial charge in [-0.25, -0.2) is 15.0 Å². The lowest BCUT2D eigenvalue weighted by molar-refractivity contribution is 0.391. The predicted molar refractivity (Wildman–Crippen MR) is 180 cm³/mol. The minimum atomic E-state index is 0.506. The van der Waals surface area contributed by atoms with Gasteiger partial charge in [0.2, 0.25) is 17.6 Å². The zero-order chi connectivity index (χ0) is 31.7. The summed E-state index contributed by atoms with van der Waals surface area (Å²) in [5, 5.41) is 8.48. The summed E-state index contributed by atoms with van der Waals surface area (Å²) in [5.41, 5.74) is 5.51. The SMILES string of the molecule is CCCc1c(OC)c2c(OC)nc3c(CCC)c(OC)c4c(OC)nc5c(CCC)c(OC)c6c(OC)nc1c1c6c5c4c3c21. The molecule has 7 aromatic rings. The summed E-state index contributed by atoms with van der Waals surface area (Å²) in [7, 11) is 10.1. The lowest BCUT2D eigenvalue weighted by atomic mass is 9.81. The smallest absolute Gasteiger partial charge is 0.225 e. The minimum Gasteiger partial charge on any atom is -0.496 e. The predicted octanol–water partition coefficient (Wildman–Crippen LogP) is 8.01. The van der Waals surface area contributed by atoms with Gasteiger partial charge in [0.05, 0.1) is 75.4 Å². The summed E-state index contributed by atoms with van der Waals surface area (Å²) in [6, 6.07) is 0. The van der Waals surface area contributed by atoms with E-state index < -0.39 is 0 Å². The number of aryl methyl sites for hydroxylation is 3. The van der Waals surface area contributed by atoms with E-state index in [2.05, 4.69) is 20.8 Å². The van der Waals surface area contributed by atoms with Crippen LogP contribution in [-0.2, 0) is 19.3 Å². The molecule has 0 spiro atoms. The molecule has 0 saturated heterocycles. The van der Waals surface area contributed by atoms with E-state index in [1.165, 1.54) is 0 Å². The van der Waals surface area contributed by atoms with Crippen LogP contribution in [0.4, 0.5) is 0 Å². The van der Waals surface area contributed by atoms with Crippen LogP contribution in [0.15, 0.2) is 0 Å². The lowest BCUT2D eigenvalue weighted by Gasteiger charge is -2.28. The molecule has 4 aromatic carbocycles. The Hall–Kier alpha value is -4.53. The van der Waals surface area contributed by atoms with E-state index in [1.54, 1.807) is 42.7 Å². The van der Waals surface area contributed by atoms with E-state index in [9.17, 15) is 0 Å². The zero-order valence-corrected chi connectivity index (χ0v) is 27.5. The fraction of sp³-hybridized carbons (Fsp3) is 0.417. The van der Waals surface area contributed by atoms with Crippen LogP contribution in [-0.4, -0.2) is 57.6 Å². The van der Waals surface area contributed by atoms with Gasteiger partial charge in [-0.1, -0.05) is 40.0 Å². The summed E-state index contributed by atoms with van der Waals surface area (Å²) in [6.45, 7) is 6.48. The van der Waals surface area contributed by atoms with Crippen LogP contribution < -0.4 is 28.4 Å². The van der Waals surface area contributed by atoms with Crippen molar-refractivity contribution in [2.45, 2.75) is 59.3 Å². The molecule has 0 aliphatic rings. The molecule has 0 aliphatic heterocycles. The third-order valence-corrected chi connectivity index (χ3v) is 9.30. The van der Waals surface area contributed by atoms with Crippen LogP contribution in [0.1, 0.15) is 56.7 Å². The number of rotatable bonds is 12. The first-order valence-corrected chi connectivity index (χ1v) is 15.7. The number of pyridine rings is 3. The molecule has 0 N–H and O–H groups in total. The highest BCUT2D eigenvalue weighted by Crippen LogP contribution is 2.59. The number of methoxy groups -OCH3 is 6. The van der Waals surface area contributed by atoms with Crippen molar-refractivity contribution in [2.24, 2.45) is 0 Å². The molecule has 0 fully saturated rings. The minimum absolute atomic E-state index is 0.506. The van der Waals surface area contributed by atoms with E-state index in [0.717, 1.165) is 137 Å². The molecule has 0 saturated carbocycles. The van der Waals surface area contributed by atoms with Gasteiger partial charge in [0.1, 0.15) is 17.2 Å². The van der Waals surface area contributed by atoms with Gasteiger partial charge in [-0.3, -0.25) is 0 Å². The Morgan fingerprint density at radius 1 is 0.356 bits per heavy atom. The fourth-order valence-electron chi connectivity index (χ4n) is 7.80. The van der Waals surface area contributed by atoms with Crippen LogP contribution in [0, 0.1) is 0 Å². The molecular weight excluding hydrogens is 570 g/mol. The van der Waals surface area contributed by atoms with Crippen LogP contribution >= 0.6 is 0 Å². The molecule has 0 radical (unpaired) electrons. The van der Waals surface area contributed by atoms with Crippen molar-refractivity contribution in [3.8, 4) is 34.9 Å². The van der Waals surface area contributed by atoms with E-state index in [4.69, 9.17) is 43.4 Å². The van der Waals surface area contributed by atoms with Crippen molar-refractivity contribution in [1.82, 2.24) is 15.0 Å². The topological polar surface area (TPSA) is 94.1 Å². The van der Waals surface area contributed by atoms with Crippen LogP contribution in [0.3, 0.4) is 0 Å². The Morgan fingerprint density at radius 3 is 0.822 bits per heavy atom. The standard InChI is InChI=1S/C36H39N3O6/c1-10-13-16-28-22-19-23-21-24-20(22)26(35(37-28)44-8)32(41-5)18(15-12-3)30(24)39-36(45-9)27(21)33(42-6)17(14-11-2)29(23)38-34(43-7)25(19)31(16)40-4/h10-15H2,1-9H3. The summed E-state index contributed by atoms with van der Waals surface area (Å²) < 4.78 is 37.0. The second-order valence-electron chi connectivity index (χ2n) is 11.6. The van der Waals surface area contributed by atoms with Crippen molar-refractivity contribution < 1.29 is 28.4 Å². The van der Waals surface area contributed by atoms with Gasteiger partial charge in [0.25, 0.3) is 0 Å². The summed E-state index contributed by atoms with van der Waals surface area (Å²) in [5.74, 6) is 3.67. The number of aromatic nitrogens is 3. The normalized spacial score (nSPS) is 12.2. The van der Waals surface area contributed by atoms with Gasteiger partial charge in [-0.15, -0.1) is 0 Å². The number of nitrogens with zero attached hydrogens (tertiary/aromatic N) is 3. The largest absolute Gasteiger partial charge is 0.496 e. The second kappa shape index (κ2) is 10.8. The zero-order valence-electron chi connectivity index (χ0n) is 27.5. The number of hydrogen-bond donors (Lipinski definition) is 0. The van der Waals surface area contributed by atoms with Crippen LogP contribution in [0.25, 0.3) is 65.0 Å². The molecule has 9 heteroatoms. The molecule has 234 valence electrons. The monoisotopic (exact) mass is 609 g/mol. The number of hydrogen-bond acceptors (Lipinski definition) is 9. The highest BCUT2D eigenvalue weighted by molar-refractivity contribution is 6.46. The van der Waals surface area contributed by atoms with Gasteiger partial charge < -0.3 is 28.4 Å². The highest BCUT2D eigenvalue weighted by atomic mass is 16.5. The maximum Gasteiger partial charge on any atom is 0.225 e. The number of benzene rings is 4. The molecule has 9 nitrogen and oxygen atoms in total. The van der Waals surface area contributed by atoms with Crippen molar-refractivity contribution in [2.75, 3.05) is 42.7 Å².